The van der Waals surface area contributed by atoms with Gasteiger partial charge in [0.15, 0.2) is 0 Å². The number of ketones is 1. The highest BCUT2D eigenvalue weighted by Crippen LogP contribution is 2.34. The highest BCUT2D eigenvalue weighted by atomic mass is 79.9. The van der Waals surface area contributed by atoms with Gasteiger partial charge >= 0.3 is 0 Å². The third-order valence-corrected chi connectivity index (χ3v) is 5.49. The number of nitrogens with one attached hydrogen (secondary N) is 1. The molecular formula is C17H12Br3Cl2NO. The summed E-state index contributed by atoms with van der Waals surface area (Å²) in [5, 5.41) is 4.07. The maximum atomic E-state index is 12.5. The smallest absolute Gasteiger partial charge is 0.201 e. The number of halogens is 5. The minimum absolute atomic E-state index is 0.209. The fourth-order valence-corrected chi connectivity index (χ4v) is 4.51. The molecule has 0 spiro atoms. The molecule has 0 saturated heterocycles. The Morgan fingerprint density at radius 1 is 1.17 bits per heavy atom. The zero-order valence-electron chi connectivity index (χ0n) is 12.5. The molecule has 0 fully saturated rings. The lowest BCUT2D eigenvalue weighted by Gasteiger charge is -2.10. The fraction of sp³-hybridized carbons (Fsp3) is 0.118. The van der Waals surface area contributed by atoms with Crippen molar-refractivity contribution in [2.75, 3.05) is 11.9 Å². The molecule has 0 saturated carbocycles. The third-order valence-electron chi connectivity index (χ3n) is 3.10. The minimum Gasteiger partial charge on any atom is -0.383 e. The van der Waals surface area contributed by atoms with Gasteiger partial charge in [-0.3, -0.25) is 4.79 Å². The second kappa shape index (κ2) is 8.86. The van der Waals surface area contributed by atoms with Gasteiger partial charge in [-0.15, -0.1) is 0 Å². The number of carbonyl (C=O) groups excluding carboxylic acids is 1. The van der Waals surface area contributed by atoms with E-state index in [4.69, 9.17) is 23.2 Å². The van der Waals surface area contributed by atoms with Crippen LogP contribution in [0.1, 0.15) is 22.8 Å². The maximum absolute atomic E-state index is 12.5. The average Bonchev–Trinajstić information content (AvgIpc) is 2.50. The second-order valence-electron chi connectivity index (χ2n) is 4.84. The Hall–Kier alpha value is -0.330. The Balaban J connectivity index is 2.35. The molecule has 0 aliphatic carbocycles. The van der Waals surface area contributed by atoms with E-state index in [-0.39, 0.29) is 5.78 Å². The minimum atomic E-state index is -0.209. The van der Waals surface area contributed by atoms with Crippen molar-refractivity contribution in [1.82, 2.24) is 0 Å². The molecule has 1 N–H and O–H groups in total. The zero-order valence-corrected chi connectivity index (χ0v) is 18.7. The monoisotopic (exact) mass is 553 g/mol. The number of hydrogen-bond donors (Lipinski definition) is 1. The summed E-state index contributed by atoms with van der Waals surface area (Å²) in [6.07, 6.45) is 1.75. The first kappa shape index (κ1) is 20.0. The molecule has 2 aromatic carbocycles. The number of hydrogen-bond acceptors (Lipinski definition) is 2. The second-order valence-corrected chi connectivity index (χ2v) is 8.24. The van der Waals surface area contributed by atoms with Crippen LogP contribution in [0.25, 0.3) is 6.08 Å². The topological polar surface area (TPSA) is 29.1 Å². The van der Waals surface area contributed by atoms with Crippen LogP contribution < -0.4 is 5.32 Å². The van der Waals surface area contributed by atoms with E-state index in [0.29, 0.717) is 20.1 Å². The van der Waals surface area contributed by atoms with Crippen LogP contribution in [0.4, 0.5) is 5.69 Å². The summed E-state index contributed by atoms with van der Waals surface area (Å²) in [6, 6.07) is 8.66. The molecule has 0 aromatic heterocycles. The van der Waals surface area contributed by atoms with Gasteiger partial charge in [0.1, 0.15) is 0 Å². The van der Waals surface area contributed by atoms with E-state index < -0.39 is 0 Å². The van der Waals surface area contributed by atoms with Crippen molar-refractivity contribution in [2.24, 2.45) is 0 Å². The van der Waals surface area contributed by atoms with E-state index in [9.17, 15) is 4.79 Å². The van der Waals surface area contributed by atoms with Crippen LogP contribution in [0.3, 0.4) is 0 Å². The molecule has 0 atom stereocenters. The first-order valence-corrected chi connectivity index (χ1v) is 10.1. The summed E-state index contributed by atoms with van der Waals surface area (Å²) in [7, 11) is 0. The first-order chi connectivity index (χ1) is 11.3. The molecule has 24 heavy (non-hydrogen) atoms. The van der Waals surface area contributed by atoms with Crippen LogP contribution in [-0.4, -0.2) is 12.3 Å². The summed E-state index contributed by atoms with van der Waals surface area (Å²) in [4.78, 5) is 12.5. The van der Waals surface area contributed by atoms with E-state index in [1.54, 1.807) is 24.3 Å². The predicted octanol–water partition coefficient (Wildman–Crippen LogP) is 7.57. The van der Waals surface area contributed by atoms with Gasteiger partial charge < -0.3 is 5.32 Å². The Kier molecular flexibility index (Phi) is 7.38. The van der Waals surface area contributed by atoms with Crippen LogP contribution in [0.5, 0.6) is 0 Å². The Labute approximate surface area is 176 Å². The van der Waals surface area contributed by atoms with Crippen molar-refractivity contribution < 1.29 is 4.79 Å². The summed E-state index contributed by atoms with van der Waals surface area (Å²) < 4.78 is 2.21. The van der Waals surface area contributed by atoms with Gasteiger partial charge in [-0.1, -0.05) is 23.2 Å². The third kappa shape index (κ3) is 4.85. The maximum Gasteiger partial charge on any atom is 0.201 e. The van der Waals surface area contributed by atoms with Crippen molar-refractivity contribution >= 4 is 88.5 Å². The van der Waals surface area contributed by atoms with E-state index in [1.807, 2.05) is 19.1 Å². The van der Waals surface area contributed by atoms with Crippen molar-refractivity contribution in [1.29, 1.82) is 0 Å². The van der Waals surface area contributed by atoms with Crippen LogP contribution in [0.2, 0.25) is 10.0 Å². The molecule has 7 heteroatoms. The predicted molar refractivity (Wildman–Crippen MR) is 114 cm³/mol. The Bertz CT molecular complexity index is 798. The lowest BCUT2D eigenvalue weighted by Crippen LogP contribution is -2.00. The largest absolute Gasteiger partial charge is 0.383 e. The molecule has 0 unspecified atom stereocenters. The summed E-state index contributed by atoms with van der Waals surface area (Å²) in [5.41, 5.74) is 2.23. The first-order valence-electron chi connectivity index (χ1n) is 6.93. The molecule has 126 valence electrons. The summed E-state index contributed by atoms with van der Waals surface area (Å²) in [6.45, 7) is 2.83. The average molecular weight is 557 g/mol. The molecule has 0 amide bonds. The van der Waals surface area contributed by atoms with Gasteiger partial charge in [-0.25, -0.2) is 0 Å². The normalized spacial score (nSPS) is 11.5. The van der Waals surface area contributed by atoms with E-state index in [1.165, 1.54) is 0 Å². The molecule has 0 aliphatic rings. The highest BCUT2D eigenvalue weighted by molar-refractivity contribution is 9.12. The molecule has 0 heterocycles. The molecular weight excluding hydrogens is 545 g/mol. The molecule has 2 rings (SSSR count). The van der Waals surface area contributed by atoms with Crippen LogP contribution >= 0.6 is 71.0 Å². The van der Waals surface area contributed by atoms with Gasteiger partial charge in [0.05, 0.1) is 15.2 Å². The lowest BCUT2D eigenvalue weighted by molar-refractivity contribution is 0.104. The number of carbonyl (C=O) groups is 1. The van der Waals surface area contributed by atoms with Crippen molar-refractivity contribution in [3.05, 3.63) is 64.9 Å². The summed E-state index contributed by atoms with van der Waals surface area (Å²) >= 11 is 22.4. The molecule has 2 nitrogen and oxygen atoms in total. The van der Waals surface area contributed by atoms with Gasteiger partial charge in [-0.2, -0.15) is 0 Å². The van der Waals surface area contributed by atoms with Gasteiger partial charge in [-0.05, 0) is 96.7 Å². The number of benzene rings is 2. The van der Waals surface area contributed by atoms with E-state index in [0.717, 1.165) is 26.7 Å². The Morgan fingerprint density at radius 3 is 2.33 bits per heavy atom. The number of anilines is 1. The quantitative estimate of drug-likeness (QED) is 0.304. The van der Waals surface area contributed by atoms with E-state index >= 15 is 0 Å². The van der Waals surface area contributed by atoms with Crippen molar-refractivity contribution in [2.45, 2.75) is 6.92 Å². The highest BCUT2D eigenvalue weighted by Gasteiger charge is 2.14. The molecule has 0 bridgehead atoms. The van der Waals surface area contributed by atoms with Crippen LogP contribution in [0.15, 0.2) is 43.8 Å². The van der Waals surface area contributed by atoms with Crippen molar-refractivity contribution in [3.8, 4) is 0 Å². The van der Waals surface area contributed by atoms with Crippen molar-refractivity contribution in [3.63, 3.8) is 0 Å². The number of allylic oxidation sites excluding steroid dienone is 1. The SMILES string of the molecule is CCNc1c(Br)cc(/C=C(\Br)C(=O)c2ccc(Cl)cc2Cl)cc1Br. The summed E-state index contributed by atoms with van der Waals surface area (Å²) in [5.74, 6) is -0.209. The lowest BCUT2D eigenvalue weighted by atomic mass is 10.1. The number of Topliss-reactive ketones (excluding diaryl/α,β-unsaturated/α-hetero) is 1. The molecule has 2 aromatic rings. The van der Waals surface area contributed by atoms with Crippen LogP contribution in [0, 0.1) is 0 Å². The van der Waals surface area contributed by atoms with Crippen LogP contribution in [-0.2, 0) is 0 Å². The standard InChI is InChI=1S/C17H12Br3Cl2NO/c1-2-23-16-12(18)5-9(6-13(16)19)7-14(20)17(24)11-4-3-10(21)8-15(11)22/h3-8,23H,2H2,1H3/b14-7-. The zero-order chi connectivity index (χ0) is 17.9. The van der Waals surface area contributed by atoms with Gasteiger partial charge in [0.25, 0.3) is 0 Å². The van der Waals surface area contributed by atoms with Gasteiger partial charge in [0.2, 0.25) is 5.78 Å². The fourth-order valence-electron chi connectivity index (χ4n) is 2.04. The molecule has 0 aliphatic heterocycles. The Morgan fingerprint density at radius 2 is 1.79 bits per heavy atom. The van der Waals surface area contributed by atoms with E-state index in [2.05, 4.69) is 53.1 Å². The van der Waals surface area contributed by atoms with Gasteiger partial charge in [0, 0.05) is 26.1 Å². The molecule has 0 radical (unpaired) electrons. The number of rotatable bonds is 5.